The van der Waals surface area contributed by atoms with Gasteiger partial charge in [0.2, 0.25) is 0 Å². The quantitative estimate of drug-likeness (QED) is 0.111. The fourth-order valence-corrected chi connectivity index (χ4v) is 5.54. The second kappa shape index (κ2) is 20.1. The van der Waals surface area contributed by atoms with Crippen LogP contribution in [0.2, 0.25) is 5.02 Å². The van der Waals surface area contributed by atoms with Crippen LogP contribution in [0.3, 0.4) is 0 Å². The molecule has 1 aliphatic rings. The van der Waals surface area contributed by atoms with Crippen LogP contribution in [0.4, 0.5) is 0 Å². The SMILES string of the molecule is C=CCOc1cc(Cl)c(Cc2ccc(OCC)cc2)cc1[C@@H]1O[C@H](CO)[C@@H](OCCCC)[C@H](OCCCC)[C@H]1OCCCC. The van der Waals surface area contributed by atoms with E-state index in [0.29, 0.717) is 50.2 Å². The van der Waals surface area contributed by atoms with Gasteiger partial charge in [-0.05, 0) is 68.0 Å². The second-order valence-corrected chi connectivity index (χ2v) is 11.6. The number of hydrogen-bond acceptors (Lipinski definition) is 7. The fourth-order valence-electron chi connectivity index (χ4n) is 5.32. The first-order chi connectivity index (χ1) is 21.5. The minimum absolute atomic E-state index is 0.210. The van der Waals surface area contributed by atoms with Crippen molar-refractivity contribution in [2.24, 2.45) is 0 Å². The van der Waals surface area contributed by atoms with Crippen LogP contribution in [0.25, 0.3) is 0 Å². The summed E-state index contributed by atoms with van der Waals surface area (Å²) >= 11 is 6.86. The van der Waals surface area contributed by atoms with Gasteiger partial charge in [0.25, 0.3) is 0 Å². The van der Waals surface area contributed by atoms with Crippen molar-refractivity contribution >= 4 is 11.6 Å². The lowest BCUT2D eigenvalue weighted by atomic mass is 9.88. The highest BCUT2D eigenvalue weighted by molar-refractivity contribution is 6.31. The summed E-state index contributed by atoms with van der Waals surface area (Å²) < 4.78 is 38.0. The van der Waals surface area contributed by atoms with Crippen LogP contribution in [0.15, 0.2) is 49.1 Å². The third-order valence-corrected chi connectivity index (χ3v) is 8.06. The molecule has 0 unspecified atom stereocenters. The van der Waals surface area contributed by atoms with Gasteiger partial charge in [-0.25, -0.2) is 0 Å². The Bertz CT molecular complexity index is 1090. The Morgan fingerprint density at radius 2 is 1.45 bits per heavy atom. The third-order valence-electron chi connectivity index (χ3n) is 7.71. The molecule has 0 bridgehead atoms. The molecule has 7 nitrogen and oxygen atoms in total. The molecular weight excluding hydrogens is 580 g/mol. The molecular formula is C36H53ClO7. The molecule has 1 N–H and O–H groups in total. The average molecular weight is 633 g/mol. The summed E-state index contributed by atoms with van der Waals surface area (Å²) in [5, 5.41) is 11.2. The van der Waals surface area contributed by atoms with Crippen molar-refractivity contribution in [1.82, 2.24) is 0 Å². The van der Waals surface area contributed by atoms with Gasteiger partial charge in [0.05, 0.1) is 13.2 Å². The predicted octanol–water partition coefficient (Wildman–Crippen LogP) is 7.88. The van der Waals surface area contributed by atoms with Gasteiger partial charge in [0.15, 0.2) is 0 Å². The lowest BCUT2D eigenvalue weighted by Gasteiger charge is -2.46. The third kappa shape index (κ3) is 10.5. The van der Waals surface area contributed by atoms with Crippen molar-refractivity contribution in [2.75, 3.05) is 39.6 Å². The zero-order valence-electron chi connectivity index (χ0n) is 27.1. The van der Waals surface area contributed by atoms with Crippen LogP contribution >= 0.6 is 11.6 Å². The minimum Gasteiger partial charge on any atom is -0.494 e. The van der Waals surface area contributed by atoms with E-state index in [2.05, 4.69) is 39.5 Å². The zero-order chi connectivity index (χ0) is 31.7. The monoisotopic (exact) mass is 632 g/mol. The van der Waals surface area contributed by atoms with Crippen LogP contribution in [0.1, 0.15) is 89.0 Å². The number of hydrogen-bond donors (Lipinski definition) is 1. The van der Waals surface area contributed by atoms with Gasteiger partial charge in [0, 0.05) is 30.4 Å². The summed E-state index contributed by atoms with van der Waals surface area (Å²) in [4.78, 5) is 0. The van der Waals surface area contributed by atoms with Gasteiger partial charge in [-0.2, -0.15) is 0 Å². The van der Waals surface area contributed by atoms with Gasteiger partial charge in [0.1, 0.15) is 48.6 Å². The standard InChI is InChI=1S/C36H53ClO7/c1-6-11-19-41-34-32(25-38)44-33(35(42-20-12-7-2)36(34)43-21-13-8-3)29-23-27(30(37)24-31(29)40-18-9-4)22-26-14-16-28(17-15-26)39-10-5/h9,14-17,23-24,32-36,38H,4,6-8,10-13,18-22,25H2,1-3,5H3/t32-,33+,34-,35+,36+/m1/s1. The molecule has 1 heterocycles. The first-order valence-corrected chi connectivity index (χ1v) is 16.8. The Balaban J connectivity index is 2.07. The highest BCUT2D eigenvalue weighted by Crippen LogP contribution is 2.43. The van der Waals surface area contributed by atoms with Crippen molar-refractivity contribution in [3.63, 3.8) is 0 Å². The Hall–Kier alpha value is -2.13. The first-order valence-electron chi connectivity index (χ1n) is 16.4. The molecule has 0 aliphatic carbocycles. The lowest BCUT2D eigenvalue weighted by Crippen LogP contribution is -2.58. The summed E-state index contributed by atoms with van der Waals surface area (Å²) in [5.74, 6) is 1.42. The number of ether oxygens (including phenoxy) is 6. The Morgan fingerprint density at radius 3 is 2.02 bits per heavy atom. The van der Waals surface area contributed by atoms with Crippen molar-refractivity contribution in [1.29, 1.82) is 0 Å². The number of halogens is 1. The van der Waals surface area contributed by atoms with Crippen LogP contribution in [-0.2, 0) is 25.4 Å². The normalized spacial score (nSPS) is 21.7. The maximum absolute atomic E-state index is 10.6. The van der Waals surface area contributed by atoms with Crippen LogP contribution in [-0.4, -0.2) is 69.2 Å². The van der Waals surface area contributed by atoms with Gasteiger partial charge in [-0.1, -0.05) is 76.4 Å². The lowest BCUT2D eigenvalue weighted by molar-refractivity contribution is -0.266. The molecule has 2 aromatic carbocycles. The van der Waals surface area contributed by atoms with Gasteiger partial charge in [-0.15, -0.1) is 0 Å². The molecule has 1 fully saturated rings. The van der Waals surface area contributed by atoms with Crippen molar-refractivity contribution in [3.05, 3.63) is 70.8 Å². The Kier molecular flexibility index (Phi) is 16.6. The van der Waals surface area contributed by atoms with Crippen molar-refractivity contribution in [3.8, 4) is 11.5 Å². The first kappa shape index (κ1) is 36.3. The largest absolute Gasteiger partial charge is 0.494 e. The molecule has 5 atom stereocenters. The van der Waals surface area contributed by atoms with Gasteiger partial charge in [-0.3, -0.25) is 0 Å². The van der Waals surface area contributed by atoms with E-state index in [-0.39, 0.29) is 6.61 Å². The van der Waals surface area contributed by atoms with E-state index in [1.165, 1.54) is 0 Å². The number of aliphatic hydroxyl groups is 1. The molecule has 246 valence electrons. The van der Waals surface area contributed by atoms with E-state index in [1.807, 2.05) is 31.2 Å². The van der Waals surface area contributed by atoms with Crippen molar-refractivity contribution in [2.45, 2.75) is 103 Å². The van der Waals surface area contributed by atoms with E-state index in [0.717, 1.165) is 61.0 Å². The van der Waals surface area contributed by atoms with E-state index in [4.69, 9.17) is 40.0 Å². The molecule has 0 spiro atoms. The molecule has 0 radical (unpaired) electrons. The number of benzene rings is 2. The van der Waals surface area contributed by atoms with Gasteiger partial charge < -0.3 is 33.5 Å². The van der Waals surface area contributed by atoms with E-state index in [9.17, 15) is 5.11 Å². The number of aliphatic hydroxyl groups excluding tert-OH is 1. The van der Waals surface area contributed by atoms with E-state index >= 15 is 0 Å². The number of unbranched alkanes of at least 4 members (excludes halogenated alkanes) is 3. The molecule has 0 aromatic heterocycles. The molecule has 8 heteroatoms. The Labute approximate surface area is 269 Å². The minimum atomic E-state index is -0.605. The summed E-state index contributed by atoms with van der Waals surface area (Å²) in [6.07, 6.45) is 5.45. The van der Waals surface area contributed by atoms with Crippen LogP contribution in [0, 0.1) is 0 Å². The van der Waals surface area contributed by atoms with Crippen LogP contribution in [0.5, 0.6) is 11.5 Å². The summed E-state index contributed by atoms with van der Waals surface area (Å²) in [5.41, 5.74) is 2.83. The van der Waals surface area contributed by atoms with Crippen molar-refractivity contribution < 1.29 is 33.5 Å². The Morgan fingerprint density at radius 1 is 0.841 bits per heavy atom. The molecule has 44 heavy (non-hydrogen) atoms. The zero-order valence-corrected chi connectivity index (χ0v) is 27.9. The van der Waals surface area contributed by atoms with E-state index in [1.54, 1.807) is 6.08 Å². The molecule has 2 aromatic rings. The topological polar surface area (TPSA) is 75.6 Å². The van der Waals surface area contributed by atoms with E-state index < -0.39 is 30.5 Å². The highest BCUT2D eigenvalue weighted by Gasteiger charge is 2.49. The maximum Gasteiger partial charge on any atom is 0.127 e. The molecule has 3 rings (SSSR count). The summed E-state index contributed by atoms with van der Waals surface area (Å²) in [6.45, 7) is 14.6. The number of rotatable bonds is 21. The predicted molar refractivity (Wildman–Crippen MR) is 176 cm³/mol. The fraction of sp³-hybridized carbons (Fsp3) is 0.611. The summed E-state index contributed by atoms with van der Waals surface area (Å²) in [6, 6.07) is 11.9. The highest BCUT2D eigenvalue weighted by atomic mass is 35.5. The average Bonchev–Trinajstić information content (AvgIpc) is 3.03. The molecule has 1 aliphatic heterocycles. The molecule has 0 amide bonds. The van der Waals surface area contributed by atoms with Crippen LogP contribution < -0.4 is 9.47 Å². The molecule has 0 saturated carbocycles. The van der Waals surface area contributed by atoms with Gasteiger partial charge >= 0.3 is 0 Å². The smallest absolute Gasteiger partial charge is 0.127 e. The maximum atomic E-state index is 10.6. The molecule has 1 saturated heterocycles. The summed E-state index contributed by atoms with van der Waals surface area (Å²) in [7, 11) is 0. The second-order valence-electron chi connectivity index (χ2n) is 11.2.